The van der Waals surface area contributed by atoms with Gasteiger partial charge in [-0.1, -0.05) is 0 Å². The lowest BCUT2D eigenvalue weighted by atomic mass is 10.2. The second-order valence-electron chi connectivity index (χ2n) is 3.48. The van der Waals surface area contributed by atoms with Gasteiger partial charge in [-0.3, -0.25) is 0 Å². The molecule has 0 spiro atoms. The van der Waals surface area contributed by atoms with Crippen molar-refractivity contribution >= 4 is 12.0 Å². The Morgan fingerprint density at radius 3 is 2.28 bits per heavy atom. The number of aliphatic hydroxyl groups is 1. The summed E-state index contributed by atoms with van der Waals surface area (Å²) in [5, 5.41) is 19.2. The van der Waals surface area contributed by atoms with Gasteiger partial charge in [-0.05, 0) is 6.92 Å². The van der Waals surface area contributed by atoms with Crippen LogP contribution in [0.4, 0.5) is 18.0 Å². The Kier molecular flexibility index (Phi) is 6.45. The first-order chi connectivity index (χ1) is 8.21. The van der Waals surface area contributed by atoms with Crippen molar-refractivity contribution in [3.63, 3.8) is 0 Å². The van der Waals surface area contributed by atoms with Gasteiger partial charge in [0.25, 0.3) is 0 Å². The van der Waals surface area contributed by atoms with Gasteiger partial charge in [-0.25, -0.2) is 9.59 Å². The van der Waals surface area contributed by atoms with Crippen molar-refractivity contribution in [3.8, 4) is 0 Å². The molecule has 0 saturated carbocycles. The number of aliphatic carboxylic acids is 1. The van der Waals surface area contributed by atoms with Crippen molar-refractivity contribution in [2.75, 3.05) is 19.7 Å². The molecule has 0 fully saturated rings. The smallest absolute Gasteiger partial charge is 0.406 e. The topological polar surface area (TPSA) is 89.9 Å². The van der Waals surface area contributed by atoms with Crippen LogP contribution in [0.25, 0.3) is 0 Å². The molecular weight excluding hydrogens is 257 g/mol. The van der Waals surface area contributed by atoms with E-state index in [4.69, 9.17) is 10.2 Å². The number of carboxylic acids is 1. The molecule has 0 aromatic carbocycles. The largest absolute Gasteiger partial charge is 0.480 e. The maximum Gasteiger partial charge on any atom is 0.406 e. The van der Waals surface area contributed by atoms with E-state index in [1.165, 1.54) is 6.92 Å². The highest BCUT2D eigenvalue weighted by atomic mass is 19.4. The molecule has 0 rings (SSSR count). The summed E-state index contributed by atoms with van der Waals surface area (Å²) in [6, 6.07) is -2.54. The third kappa shape index (κ3) is 6.28. The summed E-state index contributed by atoms with van der Waals surface area (Å²) >= 11 is 0. The van der Waals surface area contributed by atoms with Crippen molar-refractivity contribution in [2.24, 2.45) is 0 Å². The Morgan fingerprint density at radius 1 is 1.39 bits per heavy atom. The van der Waals surface area contributed by atoms with Crippen LogP contribution in [0.2, 0.25) is 0 Å². The van der Waals surface area contributed by atoms with E-state index in [2.05, 4.69) is 0 Å². The lowest BCUT2D eigenvalue weighted by molar-refractivity contribution is -0.141. The summed E-state index contributed by atoms with van der Waals surface area (Å²) in [6.45, 7) is -0.826. The molecule has 2 amide bonds. The number of urea groups is 1. The van der Waals surface area contributed by atoms with Crippen LogP contribution in [0.5, 0.6) is 0 Å². The highest BCUT2D eigenvalue weighted by molar-refractivity contribution is 5.82. The highest BCUT2D eigenvalue weighted by Crippen LogP contribution is 2.16. The van der Waals surface area contributed by atoms with E-state index < -0.39 is 37.4 Å². The molecule has 6 nitrogen and oxygen atoms in total. The summed E-state index contributed by atoms with van der Waals surface area (Å²) in [4.78, 5) is 22.5. The molecule has 0 heterocycles. The Balaban J connectivity index is 4.55. The van der Waals surface area contributed by atoms with Gasteiger partial charge < -0.3 is 20.4 Å². The molecule has 18 heavy (non-hydrogen) atoms. The van der Waals surface area contributed by atoms with Gasteiger partial charge in [-0.2, -0.15) is 13.2 Å². The molecule has 0 aliphatic rings. The fourth-order valence-electron chi connectivity index (χ4n) is 1.17. The number of rotatable bonds is 6. The first kappa shape index (κ1) is 16.5. The zero-order valence-electron chi connectivity index (χ0n) is 9.70. The molecule has 0 aliphatic carbocycles. The molecule has 106 valence electrons. The third-order valence-corrected chi connectivity index (χ3v) is 2.05. The van der Waals surface area contributed by atoms with E-state index in [1.807, 2.05) is 5.32 Å². The van der Waals surface area contributed by atoms with E-state index in [-0.39, 0.29) is 13.0 Å². The van der Waals surface area contributed by atoms with Crippen LogP contribution in [-0.2, 0) is 4.79 Å². The summed E-state index contributed by atoms with van der Waals surface area (Å²) in [7, 11) is 0. The molecule has 0 aromatic heterocycles. The average molecular weight is 272 g/mol. The van der Waals surface area contributed by atoms with E-state index >= 15 is 0 Å². The van der Waals surface area contributed by atoms with Gasteiger partial charge in [-0.15, -0.1) is 0 Å². The first-order valence-corrected chi connectivity index (χ1v) is 5.17. The van der Waals surface area contributed by atoms with Gasteiger partial charge >= 0.3 is 18.2 Å². The van der Waals surface area contributed by atoms with Crippen molar-refractivity contribution in [1.29, 1.82) is 0 Å². The van der Waals surface area contributed by atoms with Crippen molar-refractivity contribution < 1.29 is 33.0 Å². The van der Waals surface area contributed by atoms with Crippen LogP contribution < -0.4 is 5.32 Å². The number of alkyl halides is 3. The fraction of sp³-hybridized carbons (Fsp3) is 0.778. The zero-order chi connectivity index (χ0) is 14.3. The van der Waals surface area contributed by atoms with Crippen LogP contribution >= 0.6 is 0 Å². The lowest BCUT2D eigenvalue weighted by Crippen LogP contribution is -2.50. The Morgan fingerprint density at radius 2 is 1.94 bits per heavy atom. The summed E-state index contributed by atoms with van der Waals surface area (Å²) in [6.07, 6.45) is -4.83. The Bertz CT molecular complexity index is 296. The summed E-state index contributed by atoms with van der Waals surface area (Å²) in [5.74, 6) is -1.42. The fourth-order valence-corrected chi connectivity index (χ4v) is 1.17. The number of nitrogens with one attached hydrogen (secondary N) is 1. The van der Waals surface area contributed by atoms with Gasteiger partial charge in [0.05, 0.1) is 0 Å². The van der Waals surface area contributed by atoms with E-state index in [9.17, 15) is 22.8 Å². The van der Waals surface area contributed by atoms with Crippen molar-refractivity contribution in [2.45, 2.75) is 25.6 Å². The van der Waals surface area contributed by atoms with Crippen LogP contribution in [-0.4, -0.2) is 59.0 Å². The Hall–Kier alpha value is -1.51. The van der Waals surface area contributed by atoms with Gasteiger partial charge in [0.2, 0.25) is 0 Å². The molecule has 9 heteroatoms. The molecular formula is C9H15F3N2O4. The maximum absolute atomic E-state index is 12.1. The Labute approximate surface area is 101 Å². The third-order valence-electron chi connectivity index (χ3n) is 2.05. The number of carbonyl (C=O) groups is 2. The molecule has 0 aliphatic heterocycles. The number of halogens is 3. The number of aliphatic hydroxyl groups excluding tert-OH is 1. The van der Waals surface area contributed by atoms with Gasteiger partial charge in [0.15, 0.2) is 0 Å². The zero-order valence-corrected chi connectivity index (χ0v) is 9.70. The van der Waals surface area contributed by atoms with Crippen LogP contribution in [0.1, 0.15) is 13.3 Å². The second kappa shape index (κ2) is 7.04. The quantitative estimate of drug-likeness (QED) is 0.653. The standard InChI is InChI=1S/C9H15F3N2O4/c1-2-14(5-9(10,11)12)8(18)13-6(3-4-15)7(16)17/h6,15H,2-5H2,1H3,(H,13,18)(H,16,17)/t6-/m1/s1. The van der Waals surface area contributed by atoms with Crippen LogP contribution in [0.3, 0.4) is 0 Å². The van der Waals surface area contributed by atoms with E-state index in [0.717, 1.165) is 0 Å². The number of nitrogens with zero attached hydrogens (tertiary/aromatic N) is 1. The number of hydrogen-bond donors (Lipinski definition) is 3. The molecule has 1 atom stereocenters. The van der Waals surface area contributed by atoms with E-state index in [0.29, 0.717) is 4.90 Å². The minimum absolute atomic E-state index is 0.212. The molecule has 0 bridgehead atoms. The number of hydrogen-bond acceptors (Lipinski definition) is 3. The molecule has 0 unspecified atom stereocenters. The minimum Gasteiger partial charge on any atom is -0.480 e. The number of amides is 2. The maximum atomic E-state index is 12.1. The SMILES string of the molecule is CCN(CC(F)(F)F)C(=O)N[C@H](CCO)C(=O)O. The molecule has 3 N–H and O–H groups in total. The predicted molar refractivity (Wildman–Crippen MR) is 55.0 cm³/mol. The van der Waals surface area contributed by atoms with Crippen molar-refractivity contribution in [3.05, 3.63) is 0 Å². The number of carboxylic acid groups (broad SMARTS) is 1. The predicted octanol–water partition coefficient (Wildman–Crippen LogP) is 0.416. The van der Waals surface area contributed by atoms with E-state index in [1.54, 1.807) is 0 Å². The second-order valence-corrected chi connectivity index (χ2v) is 3.48. The molecule has 0 radical (unpaired) electrons. The summed E-state index contributed by atoms with van der Waals surface area (Å²) < 4.78 is 36.4. The van der Waals surface area contributed by atoms with Gasteiger partial charge in [0, 0.05) is 19.6 Å². The van der Waals surface area contributed by atoms with Crippen LogP contribution in [0.15, 0.2) is 0 Å². The average Bonchev–Trinajstić information content (AvgIpc) is 2.23. The van der Waals surface area contributed by atoms with Crippen LogP contribution in [0, 0.1) is 0 Å². The monoisotopic (exact) mass is 272 g/mol. The van der Waals surface area contributed by atoms with Gasteiger partial charge in [0.1, 0.15) is 12.6 Å². The lowest BCUT2D eigenvalue weighted by Gasteiger charge is -2.24. The normalized spacial score (nSPS) is 12.9. The first-order valence-electron chi connectivity index (χ1n) is 5.17. The van der Waals surface area contributed by atoms with Crippen molar-refractivity contribution in [1.82, 2.24) is 10.2 Å². The summed E-state index contributed by atoms with van der Waals surface area (Å²) in [5.41, 5.74) is 0. The number of carbonyl (C=O) groups excluding carboxylic acids is 1. The highest BCUT2D eigenvalue weighted by Gasteiger charge is 2.33. The minimum atomic E-state index is -4.55. The molecule has 0 saturated heterocycles. The molecule has 0 aromatic rings.